The molecule has 1 unspecified atom stereocenters. The van der Waals surface area contributed by atoms with E-state index in [2.05, 4.69) is 5.92 Å². The molecule has 2 N–H and O–H groups in total. The number of halogens is 1. The van der Waals surface area contributed by atoms with Gasteiger partial charge in [-0.3, -0.25) is 4.79 Å². The molecule has 0 bridgehead atoms. The third-order valence-corrected chi connectivity index (χ3v) is 5.17. The fourth-order valence-corrected chi connectivity index (χ4v) is 4.10. The summed E-state index contributed by atoms with van der Waals surface area (Å²) >= 11 is 0. The molecule has 1 aromatic rings. The van der Waals surface area contributed by atoms with Crippen LogP contribution in [-0.2, 0) is 9.84 Å². The van der Waals surface area contributed by atoms with Crippen molar-refractivity contribution in [2.24, 2.45) is 0 Å². The molecule has 1 atom stereocenters. The zero-order valence-electron chi connectivity index (χ0n) is 11.3. The molecule has 1 fully saturated rings. The van der Waals surface area contributed by atoms with Gasteiger partial charge in [0.15, 0.2) is 9.84 Å². The Morgan fingerprint density at radius 1 is 1.52 bits per heavy atom. The molecule has 1 saturated heterocycles. The van der Waals surface area contributed by atoms with Gasteiger partial charge < -0.3 is 10.6 Å². The second-order valence-electron chi connectivity index (χ2n) is 4.93. The van der Waals surface area contributed by atoms with Gasteiger partial charge in [0.1, 0.15) is 5.82 Å². The quantitative estimate of drug-likeness (QED) is 0.657. The summed E-state index contributed by atoms with van der Waals surface area (Å²) in [5, 5.41) is 0. The average molecular weight is 310 g/mol. The van der Waals surface area contributed by atoms with Crippen LogP contribution in [0.1, 0.15) is 16.8 Å². The zero-order chi connectivity index (χ0) is 15.6. The first-order valence-electron chi connectivity index (χ1n) is 6.34. The number of amides is 1. The maximum absolute atomic E-state index is 13.0. The summed E-state index contributed by atoms with van der Waals surface area (Å²) in [6.07, 6.45) is 5.60. The predicted octanol–water partition coefficient (Wildman–Crippen LogP) is 0.670. The van der Waals surface area contributed by atoms with Crippen LogP contribution in [0.25, 0.3) is 0 Å². The van der Waals surface area contributed by atoms with Crippen LogP contribution in [0.4, 0.5) is 10.1 Å². The molecule has 0 aliphatic carbocycles. The van der Waals surface area contributed by atoms with E-state index < -0.39 is 27.6 Å². The Hall–Kier alpha value is -2.07. The maximum atomic E-state index is 13.0. The van der Waals surface area contributed by atoms with Crippen LogP contribution in [0.2, 0.25) is 0 Å². The van der Waals surface area contributed by atoms with Gasteiger partial charge in [0.05, 0.1) is 23.6 Å². The highest BCUT2D eigenvalue weighted by Gasteiger charge is 2.35. The largest absolute Gasteiger partial charge is 0.398 e. The van der Waals surface area contributed by atoms with Gasteiger partial charge in [-0.1, -0.05) is 5.92 Å². The first-order chi connectivity index (χ1) is 9.84. The molecule has 0 aromatic heterocycles. The monoisotopic (exact) mass is 310 g/mol. The van der Waals surface area contributed by atoms with Crippen molar-refractivity contribution in [3.63, 3.8) is 0 Å². The topological polar surface area (TPSA) is 80.5 Å². The number of hydrogen-bond acceptors (Lipinski definition) is 4. The number of nitrogen functional groups attached to an aromatic ring is 1. The summed E-state index contributed by atoms with van der Waals surface area (Å²) < 4.78 is 36.2. The summed E-state index contributed by atoms with van der Waals surface area (Å²) in [5.74, 6) is 1.25. The Balaban J connectivity index is 2.30. The Morgan fingerprint density at radius 3 is 2.76 bits per heavy atom. The van der Waals surface area contributed by atoms with Crippen molar-refractivity contribution in [1.29, 1.82) is 0 Å². The number of sulfone groups is 1. The lowest BCUT2D eigenvalue weighted by Gasteiger charge is -2.26. The zero-order valence-corrected chi connectivity index (χ0v) is 12.1. The molecule has 0 radical (unpaired) electrons. The first kappa shape index (κ1) is 15.3. The van der Waals surface area contributed by atoms with Crippen LogP contribution >= 0.6 is 0 Å². The van der Waals surface area contributed by atoms with Gasteiger partial charge >= 0.3 is 0 Å². The normalized spacial score (nSPS) is 19.9. The van der Waals surface area contributed by atoms with Crippen molar-refractivity contribution >= 4 is 21.4 Å². The Kier molecular flexibility index (Phi) is 4.19. The van der Waals surface area contributed by atoms with Crippen molar-refractivity contribution in [2.45, 2.75) is 12.5 Å². The molecule has 0 spiro atoms. The van der Waals surface area contributed by atoms with E-state index in [9.17, 15) is 17.6 Å². The molecular weight excluding hydrogens is 295 g/mol. The lowest BCUT2D eigenvalue weighted by Crippen LogP contribution is -2.41. The first-order valence-corrected chi connectivity index (χ1v) is 8.16. The van der Waals surface area contributed by atoms with E-state index in [0.29, 0.717) is 6.42 Å². The van der Waals surface area contributed by atoms with Gasteiger partial charge in [0, 0.05) is 11.7 Å². The molecule has 1 heterocycles. The molecule has 112 valence electrons. The summed E-state index contributed by atoms with van der Waals surface area (Å²) in [6.45, 7) is -0.0180. The molecule has 2 rings (SSSR count). The fourth-order valence-electron chi connectivity index (χ4n) is 2.37. The van der Waals surface area contributed by atoms with E-state index in [1.54, 1.807) is 0 Å². The van der Waals surface area contributed by atoms with E-state index in [4.69, 9.17) is 12.2 Å². The van der Waals surface area contributed by atoms with E-state index in [-0.39, 0.29) is 29.3 Å². The lowest BCUT2D eigenvalue weighted by atomic mass is 10.1. The van der Waals surface area contributed by atoms with E-state index in [1.807, 2.05) is 0 Å². The summed E-state index contributed by atoms with van der Waals surface area (Å²) in [7, 11) is -3.15. The smallest absolute Gasteiger partial charge is 0.257 e. The van der Waals surface area contributed by atoms with Crippen LogP contribution < -0.4 is 5.73 Å². The Bertz CT molecular complexity index is 709. The lowest BCUT2D eigenvalue weighted by molar-refractivity contribution is 0.0725. The van der Waals surface area contributed by atoms with Gasteiger partial charge in [-0.2, -0.15) is 0 Å². The number of carbonyl (C=O) groups excluding carboxylic acids is 1. The third kappa shape index (κ3) is 3.34. The minimum atomic E-state index is -3.15. The molecule has 1 amide bonds. The number of nitrogens with two attached hydrogens (primary N) is 1. The van der Waals surface area contributed by atoms with Crippen molar-refractivity contribution in [1.82, 2.24) is 4.90 Å². The fraction of sp³-hybridized carbons (Fsp3) is 0.357. The minimum absolute atomic E-state index is 0.00266. The molecule has 7 heteroatoms. The number of hydrogen-bond donors (Lipinski definition) is 1. The average Bonchev–Trinajstić information content (AvgIpc) is 2.75. The van der Waals surface area contributed by atoms with Crippen LogP contribution in [0.3, 0.4) is 0 Å². The minimum Gasteiger partial charge on any atom is -0.398 e. The highest BCUT2D eigenvalue weighted by atomic mass is 32.2. The van der Waals surface area contributed by atoms with Crippen molar-refractivity contribution in [3.05, 3.63) is 29.6 Å². The van der Waals surface area contributed by atoms with E-state index in [1.165, 1.54) is 11.0 Å². The SMILES string of the molecule is C#CCN(C(=O)c1ccc(F)cc1N)C1CCS(=O)(=O)C1. The molecule has 21 heavy (non-hydrogen) atoms. The Morgan fingerprint density at radius 2 is 2.24 bits per heavy atom. The Labute approximate surface area is 122 Å². The molecule has 0 saturated carbocycles. The van der Waals surface area contributed by atoms with E-state index >= 15 is 0 Å². The predicted molar refractivity (Wildman–Crippen MR) is 77.7 cm³/mol. The summed E-state index contributed by atoms with van der Waals surface area (Å²) in [6, 6.07) is 2.98. The van der Waals surface area contributed by atoms with Crippen molar-refractivity contribution < 1.29 is 17.6 Å². The van der Waals surface area contributed by atoms with Crippen molar-refractivity contribution in [3.8, 4) is 12.3 Å². The summed E-state index contributed by atoms with van der Waals surface area (Å²) in [5.41, 5.74) is 5.77. The van der Waals surface area contributed by atoms with Crippen LogP contribution in [0.15, 0.2) is 18.2 Å². The standard InChI is InChI=1S/C14H15FN2O3S/c1-2-6-17(11-5-7-21(19,20)9-11)14(18)12-4-3-10(15)8-13(12)16/h1,3-4,8,11H,5-7,9,16H2. The van der Waals surface area contributed by atoms with Crippen LogP contribution in [0, 0.1) is 18.2 Å². The van der Waals surface area contributed by atoms with Gasteiger partial charge in [0.25, 0.3) is 5.91 Å². The van der Waals surface area contributed by atoms with Gasteiger partial charge in [-0.25, -0.2) is 12.8 Å². The van der Waals surface area contributed by atoms with E-state index in [0.717, 1.165) is 12.1 Å². The van der Waals surface area contributed by atoms with Crippen molar-refractivity contribution in [2.75, 3.05) is 23.8 Å². The molecular formula is C14H15FN2O3S. The highest BCUT2D eigenvalue weighted by Crippen LogP contribution is 2.22. The molecule has 5 nitrogen and oxygen atoms in total. The molecule has 1 aliphatic rings. The van der Waals surface area contributed by atoms with Crippen LogP contribution in [-0.4, -0.2) is 43.3 Å². The second-order valence-corrected chi connectivity index (χ2v) is 7.15. The maximum Gasteiger partial charge on any atom is 0.257 e. The van der Waals surface area contributed by atoms with Crippen LogP contribution in [0.5, 0.6) is 0 Å². The second kappa shape index (κ2) is 5.74. The highest BCUT2D eigenvalue weighted by molar-refractivity contribution is 7.91. The number of benzene rings is 1. The van der Waals surface area contributed by atoms with Gasteiger partial charge in [-0.05, 0) is 24.6 Å². The van der Waals surface area contributed by atoms with Gasteiger partial charge in [-0.15, -0.1) is 6.42 Å². The number of nitrogens with zero attached hydrogens (tertiary/aromatic N) is 1. The van der Waals surface area contributed by atoms with Gasteiger partial charge in [0.2, 0.25) is 0 Å². The number of anilines is 1. The molecule has 1 aliphatic heterocycles. The third-order valence-electron chi connectivity index (χ3n) is 3.42. The number of carbonyl (C=O) groups is 1. The number of rotatable bonds is 3. The number of terminal acetylenes is 1. The molecule has 1 aromatic carbocycles. The summed E-state index contributed by atoms with van der Waals surface area (Å²) in [4.78, 5) is 13.8.